The third-order valence-corrected chi connectivity index (χ3v) is 3.97. The number of ether oxygens (including phenoxy) is 2. The number of nitrogens with two attached hydrogens (primary N) is 1. The van der Waals surface area contributed by atoms with E-state index in [2.05, 4.69) is 5.32 Å². The second-order valence-electron chi connectivity index (χ2n) is 5.48. The molecule has 0 heterocycles. The molecule has 0 aromatic heterocycles. The van der Waals surface area contributed by atoms with Crippen molar-refractivity contribution in [2.75, 3.05) is 20.8 Å². The lowest BCUT2D eigenvalue weighted by Crippen LogP contribution is -2.44. The quantitative estimate of drug-likeness (QED) is 0.685. The zero-order chi connectivity index (χ0) is 16.5. The number of carbonyl (C=O) groups is 1. The second-order valence-corrected chi connectivity index (χ2v) is 5.48. The van der Waals surface area contributed by atoms with E-state index >= 15 is 0 Å². The minimum atomic E-state index is -0.434. The van der Waals surface area contributed by atoms with Crippen molar-refractivity contribution in [3.05, 3.63) is 23.8 Å². The first-order valence-corrected chi connectivity index (χ1v) is 7.77. The zero-order valence-electron chi connectivity index (χ0n) is 14.0. The lowest BCUT2D eigenvalue weighted by molar-refractivity contribution is -0.123. The first kappa shape index (κ1) is 18.3. The fourth-order valence-electron chi connectivity index (χ4n) is 2.20. The smallest absolute Gasteiger partial charge is 0.237 e. The number of carbonyl (C=O) groups excluding carboxylic acids is 1. The third kappa shape index (κ3) is 5.22. The van der Waals surface area contributed by atoms with Gasteiger partial charge in [0.25, 0.3) is 0 Å². The molecule has 2 atom stereocenters. The van der Waals surface area contributed by atoms with Gasteiger partial charge in [0.15, 0.2) is 0 Å². The number of nitrogens with one attached hydrogen (secondary N) is 1. The van der Waals surface area contributed by atoms with Gasteiger partial charge in [0.05, 0.1) is 20.3 Å². The molecule has 22 heavy (non-hydrogen) atoms. The summed E-state index contributed by atoms with van der Waals surface area (Å²) in [5.74, 6) is 1.76. The summed E-state index contributed by atoms with van der Waals surface area (Å²) in [4.78, 5) is 11.9. The molecule has 0 aliphatic rings. The van der Waals surface area contributed by atoms with Crippen LogP contribution in [0.3, 0.4) is 0 Å². The van der Waals surface area contributed by atoms with Crippen LogP contribution in [0, 0.1) is 5.92 Å². The van der Waals surface area contributed by atoms with Gasteiger partial charge in [-0.2, -0.15) is 0 Å². The number of hydrogen-bond acceptors (Lipinski definition) is 4. The maximum absolute atomic E-state index is 11.9. The van der Waals surface area contributed by atoms with E-state index < -0.39 is 6.04 Å². The molecule has 0 radical (unpaired) electrons. The molecule has 0 spiro atoms. The predicted octanol–water partition coefficient (Wildman–Crippen LogP) is 2.13. The highest BCUT2D eigenvalue weighted by Gasteiger charge is 2.18. The topological polar surface area (TPSA) is 73.6 Å². The largest absolute Gasteiger partial charge is 0.497 e. The number of hydrogen-bond donors (Lipinski definition) is 2. The van der Waals surface area contributed by atoms with Crippen LogP contribution in [0.4, 0.5) is 0 Å². The molecule has 5 heteroatoms. The van der Waals surface area contributed by atoms with Crippen molar-refractivity contribution in [3.63, 3.8) is 0 Å². The summed E-state index contributed by atoms with van der Waals surface area (Å²) in [5, 5.41) is 2.90. The van der Waals surface area contributed by atoms with E-state index in [0.717, 1.165) is 36.3 Å². The van der Waals surface area contributed by atoms with Gasteiger partial charge >= 0.3 is 0 Å². The highest BCUT2D eigenvalue weighted by Crippen LogP contribution is 2.24. The number of amides is 1. The summed E-state index contributed by atoms with van der Waals surface area (Å²) in [7, 11) is 3.29. The van der Waals surface area contributed by atoms with Crippen LogP contribution in [-0.4, -0.2) is 32.7 Å². The molecule has 0 bridgehead atoms. The van der Waals surface area contributed by atoms with Gasteiger partial charge < -0.3 is 20.5 Å². The molecular formula is C17H28N2O3. The van der Waals surface area contributed by atoms with Crippen molar-refractivity contribution in [1.29, 1.82) is 0 Å². The Labute approximate surface area is 133 Å². The maximum Gasteiger partial charge on any atom is 0.237 e. The van der Waals surface area contributed by atoms with Crippen molar-refractivity contribution >= 4 is 5.91 Å². The Bertz CT molecular complexity index is 477. The average Bonchev–Trinajstić information content (AvgIpc) is 2.56. The van der Waals surface area contributed by atoms with E-state index in [1.54, 1.807) is 14.2 Å². The average molecular weight is 308 g/mol. The number of aryl methyl sites for hydroxylation is 1. The molecule has 0 fully saturated rings. The van der Waals surface area contributed by atoms with Crippen LogP contribution < -0.4 is 20.5 Å². The summed E-state index contributed by atoms with van der Waals surface area (Å²) in [6.07, 6.45) is 2.53. The van der Waals surface area contributed by atoms with Crippen molar-refractivity contribution in [1.82, 2.24) is 5.32 Å². The molecule has 1 aromatic carbocycles. The van der Waals surface area contributed by atoms with Gasteiger partial charge in [0.2, 0.25) is 5.91 Å². The molecule has 0 saturated carbocycles. The Morgan fingerprint density at radius 3 is 2.64 bits per heavy atom. The molecule has 124 valence electrons. The van der Waals surface area contributed by atoms with E-state index in [9.17, 15) is 4.79 Å². The normalized spacial score (nSPS) is 13.3. The third-order valence-electron chi connectivity index (χ3n) is 3.97. The van der Waals surface area contributed by atoms with Crippen LogP contribution in [0.25, 0.3) is 0 Å². The van der Waals surface area contributed by atoms with Gasteiger partial charge in [-0.25, -0.2) is 0 Å². The Kier molecular flexibility index (Phi) is 7.74. The van der Waals surface area contributed by atoms with Gasteiger partial charge in [-0.3, -0.25) is 4.79 Å². The van der Waals surface area contributed by atoms with Crippen molar-refractivity contribution < 1.29 is 14.3 Å². The van der Waals surface area contributed by atoms with E-state index in [0.29, 0.717) is 6.54 Å². The van der Waals surface area contributed by atoms with E-state index in [-0.39, 0.29) is 11.8 Å². The molecule has 1 rings (SSSR count). The number of benzene rings is 1. The fourth-order valence-corrected chi connectivity index (χ4v) is 2.20. The van der Waals surface area contributed by atoms with Crippen LogP contribution in [0.2, 0.25) is 0 Å². The van der Waals surface area contributed by atoms with Crippen molar-refractivity contribution in [3.8, 4) is 11.5 Å². The fraction of sp³-hybridized carbons (Fsp3) is 0.588. The lowest BCUT2D eigenvalue weighted by Gasteiger charge is -2.17. The number of rotatable bonds is 9. The van der Waals surface area contributed by atoms with Gasteiger partial charge in [-0.1, -0.05) is 20.3 Å². The molecule has 5 nitrogen and oxygen atoms in total. The summed E-state index contributed by atoms with van der Waals surface area (Å²) < 4.78 is 10.6. The molecule has 0 aliphatic heterocycles. The van der Waals surface area contributed by atoms with Crippen molar-refractivity contribution in [2.24, 2.45) is 11.7 Å². The highest BCUT2D eigenvalue weighted by atomic mass is 16.5. The van der Waals surface area contributed by atoms with Crippen LogP contribution in [-0.2, 0) is 11.2 Å². The molecule has 2 unspecified atom stereocenters. The molecule has 3 N–H and O–H groups in total. The first-order chi connectivity index (χ1) is 10.5. The first-order valence-electron chi connectivity index (χ1n) is 7.77. The molecule has 0 aliphatic carbocycles. The van der Waals surface area contributed by atoms with E-state index in [1.807, 2.05) is 32.0 Å². The summed E-state index contributed by atoms with van der Waals surface area (Å²) >= 11 is 0. The Morgan fingerprint density at radius 2 is 2.05 bits per heavy atom. The Morgan fingerprint density at radius 1 is 1.32 bits per heavy atom. The van der Waals surface area contributed by atoms with Gasteiger partial charge in [0, 0.05) is 6.54 Å². The van der Waals surface area contributed by atoms with Crippen molar-refractivity contribution in [2.45, 2.75) is 39.2 Å². The minimum Gasteiger partial charge on any atom is -0.497 e. The van der Waals surface area contributed by atoms with Crippen LogP contribution >= 0.6 is 0 Å². The summed E-state index contributed by atoms with van der Waals surface area (Å²) in [6, 6.07) is 5.29. The standard InChI is InChI=1S/C17H28N2O3/c1-5-12(2)16(18)17(20)19-10-6-7-13-11-14(21-3)8-9-15(13)22-4/h8-9,11-12,16H,5-7,10,18H2,1-4H3,(H,19,20). The Hall–Kier alpha value is -1.75. The van der Waals surface area contributed by atoms with Gasteiger partial charge in [-0.15, -0.1) is 0 Å². The minimum absolute atomic E-state index is 0.0769. The summed E-state index contributed by atoms with van der Waals surface area (Å²) in [5.41, 5.74) is 6.97. The molecule has 0 saturated heterocycles. The monoisotopic (exact) mass is 308 g/mol. The van der Waals surface area contributed by atoms with Gasteiger partial charge in [-0.05, 0) is 42.5 Å². The molecule has 1 amide bonds. The van der Waals surface area contributed by atoms with E-state index in [1.165, 1.54) is 0 Å². The second kappa shape index (κ2) is 9.30. The van der Waals surface area contributed by atoms with Gasteiger partial charge in [0.1, 0.15) is 11.5 Å². The molecular weight excluding hydrogens is 280 g/mol. The highest BCUT2D eigenvalue weighted by molar-refractivity contribution is 5.81. The summed E-state index contributed by atoms with van der Waals surface area (Å²) in [6.45, 7) is 4.63. The van der Waals surface area contributed by atoms with Crippen LogP contribution in [0.5, 0.6) is 11.5 Å². The lowest BCUT2D eigenvalue weighted by atomic mass is 9.99. The van der Waals surface area contributed by atoms with Crippen LogP contribution in [0.15, 0.2) is 18.2 Å². The van der Waals surface area contributed by atoms with E-state index in [4.69, 9.17) is 15.2 Å². The number of methoxy groups -OCH3 is 2. The van der Waals surface area contributed by atoms with Crippen LogP contribution in [0.1, 0.15) is 32.3 Å². The zero-order valence-corrected chi connectivity index (χ0v) is 14.0. The SMILES string of the molecule is CCC(C)C(N)C(=O)NCCCc1cc(OC)ccc1OC. The molecule has 1 aromatic rings. The Balaban J connectivity index is 2.46. The maximum atomic E-state index is 11.9. The predicted molar refractivity (Wildman–Crippen MR) is 88.3 cm³/mol.